The number of aromatic nitrogens is 2. The summed E-state index contributed by atoms with van der Waals surface area (Å²) in [5, 5.41) is 0. The van der Waals surface area contributed by atoms with Gasteiger partial charge in [-0.2, -0.15) is 0 Å². The Labute approximate surface area is 129 Å². The lowest BCUT2D eigenvalue weighted by Gasteiger charge is -2.16. The lowest BCUT2D eigenvalue weighted by Crippen LogP contribution is -2.29. The largest absolute Gasteiger partial charge is 0.462 e. The molecule has 0 aromatic carbocycles. The average molecular weight is 300 g/mol. The Balaban J connectivity index is 2.74. The minimum atomic E-state index is -0.576. The van der Waals surface area contributed by atoms with E-state index in [9.17, 15) is 9.59 Å². The summed E-state index contributed by atoms with van der Waals surface area (Å²) in [4.78, 5) is 28.6. The van der Waals surface area contributed by atoms with E-state index in [0.717, 1.165) is 16.8 Å². The summed E-state index contributed by atoms with van der Waals surface area (Å²) in [7, 11) is 0. The molecule has 0 amide bonds. The molecule has 0 spiro atoms. The molecule has 5 nitrogen and oxygen atoms in total. The Morgan fingerprint density at radius 2 is 1.91 bits per heavy atom. The molecule has 116 valence electrons. The van der Waals surface area contributed by atoms with Gasteiger partial charge in [0.15, 0.2) is 0 Å². The third-order valence-corrected chi connectivity index (χ3v) is 3.54. The summed E-state index contributed by atoms with van der Waals surface area (Å²) in [5.74, 6) is -0.576. The highest BCUT2D eigenvalue weighted by Gasteiger charge is 2.19. The number of ether oxygens (including phenoxy) is 1. The van der Waals surface area contributed by atoms with Gasteiger partial charge >= 0.3 is 5.97 Å². The van der Waals surface area contributed by atoms with Gasteiger partial charge in [-0.1, -0.05) is 6.92 Å². The van der Waals surface area contributed by atoms with Crippen molar-refractivity contribution in [3.8, 4) is 11.1 Å². The standard InChI is InChI=1S/C17H20N2O3/c1-4-15-13(12-7-9-18-10-8-12)11-14(17(21)22-6-3)16(20)19(15)5-2/h7-11H,4-6H2,1-3H3. The van der Waals surface area contributed by atoms with Crippen molar-refractivity contribution in [2.75, 3.05) is 6.61 Å². The number of nitrogens with zero attached hydrogens (tertiary/aromatic N) is 2. The highest BCUT2D eigenvalue weighted by Crippen LogP contribution is 2.24. The van der Waals surface area contributed by atoms with Gasteiger partial charge in [0.25, 0.3) is 5.56 Å². The van der Waals surface area contributed by atoms with Gasteiger partial charge in [-0.3, -0.25) is 9.78 Å². The molecule has 2 aromatic heterocycles. The van der Waals surface area contributed by atoms with E-state index in [2.05, 4.69) is 4.98 Å². The predicted octanol–water partition coefficient (Wildman–Crippen LogP) is 2.67. The summed E-state index contributed by atoms with van der Waals surface area (Å²) >= 11 is 0. The third kappa shape index (κ3) is 2.93. The number of pyridine rings is 2. The van der Waals surface area contributed by atoms with Crippen LogP contribution in [0.15, 0.2) is 35.4 Å². The zero-order chi connectivity index (χ0) is 16.1. The molecular formula is C17H20N2O3. The first-order chi connectivity index (χ1) is 10.6. The molecule has 2 aromatic rings. The van der Waals surface area contributed by atoms with Gasteiger partial charge in [-0.25, -0.2) is 4.79 Å². The van der Waals surface area contributed by atoms with Gasteiger partial charge in [-0.15, -0.1) is 0 Å². The zero-order valence-corrected chi connectivity index (χ0v) is 13.1. The zero-order valence-electron chi connectivity index (χ0n) is 13.1. The highest BCUT2D eigenvalue weighted by atomic mass is 16.5. The first-order valence-electron chi connectivity index (χ1n) is 7.48. The molecule has 0 aliphatic rings. The normalized spacial score (nSPS) is 10.5. The summed E-state index contributed by atoms with van der Waals surface area (Å²) in [5.41, 5.74) is 2.49. The van der Waals surface area contributed by atoms with E-state index in [1.165, 1.54) is 0 Å². The van der Waals surface area contributed by atoms with E-state index < -0.39 is 5.97 Å². The van der Waals surface area contributed by atoms with Crippen LogP contribution in [0.4, 0.5) is 0 Å². The molecule has 2 heterocycles. The van der Waals surface area contributed by atoms with E-state index >= 15 is 0 Å². The maximum atomic E-state index is 12.5. The third-order valence-electron chi connectivity index (χ3n) is 3.54. The predicted molar refractivity (Wildman–Crippen MR) is 84.9 cm³/mol. The second kappa shape index (κ2) is 7.02. The minimum Gasteiger partial charge on any atom is -0.462 e. The Morgan fingerprint density at radius 3 is 2.45 bits per heavy atom. The fourth-order valence-corrected chi connectivity index (χ4v) is 2.56. The average Bonchev–Trinajstić information content (AvgIpc) is 2.55. The molecule has 22 heavy (non-hydrogen) atoms. The molecule has 0 atom stereocenters. The summed E-state index contributed by atoms with van der Waals surface area (Å²) < 4.78 is 6.65. The molecule has 0 aliphatic heterocycles. The molecule has 0 unspecified atom stereocenters. The fourth-order valence-electron chi connectivity index (χ4n) is 2.56. The van der Waals surface area contributed by atoms with Crippen molar-refractivity contribution in [3.05, 3.63) is 52.2 Å². The van der Waals surface area contributed by atoms with Gasteiger partial charge in [0.1, 0.15) is 5.56 Å². The topological polar surface area (TPSA) is 61.2 Å². The van der Waals surface area contributed by atoms with E-state index in [4.69, 9.17) is 4.74 Å². The molecule has 0 saturated carbocycles. The molecule has 0 radical (unpaired) electrons. The van der Waals surface area contributed by atoms with Gasteiger partial charge in [0.2, 0.25) is 0 Å². The second-order valence-electron chi connectivity index (χ2n) is 4.78. The SMILES string of the molecule is CCOC(=O)c1cc(-c2ccncc2)c(CC)n(CC)c1=O. The molecule has 5 heteroatoms. The summed E-state index contributed by atoms with van der Waals surface area (Å²) in [6.07, 6.45) is 4.09. The van der Waals surface area contributed by atoms with Gasteiger partial charge in [0.05, 0.1) is 6.61 Å². The van der Waals surface area contributed by atoms with Gasteiger partial charge in [0, 0.05) is 30.2 Å². The summed E-state index contributed by atoms with van der Waals surface area (Å²) in [6, 6.07) is 5.38. The van der Waals surface area contributed by atoms with Crippen LogP contribution in [0.1, 0.15) is 36.8 Å². The monoisotopic (exact) mass is 300 g/mol. The Bertz CT molecular complexity index is 721. The quantitative estimate of drug-likeness (QED) is 0.796. The highest BCUT2D eigenvalue weighted by molar-refractivity contribution is 5.91. The first-order valence-corrected chi connectivity index (χ1v) is 7.48. The Kier molecular flexibility index (Phi) is 5.09. The van der Waals surface area contributed by atoms with Crippen LogP contribution in [-0.2, 0) is 17.7 Å². The van der Waals surface area contributed by atoms with Crippen LogP contribution in [-0.4, -0.2) is 22.1 Å². The lowest BCUT2D eigenvalue weighted by molar-refractivity contribution is 0.0523. The van der Waals surface area contributed by atoms with E-state index in [0.29, 0.717) is 13.0 Å². The smallest absolute Gasteiger partial charge is 0.343 e. The van der Waals surface area contributed by atoms with Crippen LogP contribution in [0, 0.1) is 0 Å². The van der Waals surface area contributed by atoms with Gasteiger partial charge in [-0.05, 0) is 44.0 Å². The van der Waals surface area contributed by atoms with Gasteiger partial charge < -0.3 is 9.30 Å². The van der Waals surface area contributed by atoms with E-state index in [1.807, 2.05) is 26.0 Å². The lowest BCUT2D eigenvalue weighted by atomic mass is 10.0. The number of hydrogen-bond donors (Lipinski definition) is 0. The van der Waals surface area contributed by atoms with E-state index in [1.54, 1.807) is 30.0 Å². The van der Waals surface area contributed by atoms with Crippen molar-refractivity contribution in [1.82, 2.24) is 9.55 Å². The number of esters is 1. The first kappa shape index (κ1) is 15.9. The second-order valence-corrected chi connectivity index (χ2v) is 4.78. The van der Waals surface area contributed by atoms with Crippen LogP contribution in [0.25, 0.3) is 11.1 Å². The molecule has 0 N–H and O–H groups in total. The van der Waals surface area contributed by atoms with Crippen LogP contribution in [0.3, 0.4) is 0 Å². The van der Waals surface area contributed by atoms with Crippen LogP contribution in [0.2, 0.25) is 0 Å². The molecule has 0 bridgehead atoms. The van der Waals surface area contributed by atoms with Crippen molar-refractivity contribution < 1.29 is 9.53 Å². The van der Waals surface area contributed by atoms with Crippen molar-refractivity contribution in [2.45, 2.75) is 33.7 Å². The summed E-state index contributed by atoms with van der Waals surface area (Å²) in [6.45, 7) is 6.36. The van der Waals surface area contributed by atoms with Crippen LogP contribution in [0.5, 0.6) is 0 Å². The maximum Gasteiger partial charge on any atom is 0.343 e. The van der Waals surface area contributed by atoms with Crippen LogP contribution < -0.4 is 5.56 Å². The number of carbonyl (C=O) groups excluding carboxylic acids is 1. The Morgan fingerprint density at radius 1 is 1.23 bits per heavy atom. The molecule has 0 fully saturated rings. The van der Waals surface area contributed by atoms with Crippen molar-refractivity contribution in [2.24, 2.45) is 0 Å². The number of hydrogen-bond acceptors (Lipinski definition) is 4. The fraction of sp³-hybridized carbons (Fsp3) is 0.353. The number of rotatable bonds is 5. The minimum absolute atomic E-state index is 0.0766. The van der Waals surface area contributed by atoms with E-state index in [-0.39, 0.29) is 17.7 Å². The molecular weight excluding hydrogens is 280 g/mol. The molecule has 0 saturated heterocycles. The molecule has 0 aliphatic carbocycles. The maximum absolute atomic E-state index is 12.5. The van der Waals surface area contributed by atoms with Crippen LogP contribution >= 0.6 is 0 Å². The van der Waals surface area contributed by atoms with Crippen molar-refractivity contribution in [3.63, 3.8) is 0 Å². The van der Waals surface area contributed by atoms with Crippen molar-refractivity contribution in [1.29, 1.82) is 0 Å². The Hall–Kier alpha value is -2.43. The molecule has 2 rings (SSSR count). The number of carbonyl (C=O) groups is 1. The van der Waals surface area contributed by atoms with Crippen molar-refractivity contribution >= 4 is 5.97 Å².